The maximum atomic E-state index is 11.4. The molecule has 2 heterocycles. The number of hydrogen-bond acceptors (Lipinski definition) is 3. The molecule has 0 aliphatic heterocycles. The molecule has 0 radical (unpaired) electrons. The Morgan fingerprint density at radius 3 is 2.52 bits per heavy atom. The summed E-state index contributed by atoms with van der Waals surface area (Å²) in [5.74, 6) is -0.679. The number of aromatic amines is 1. The minimum Gasteiger partial charge on any atom is -0.476 e. The molecule has 0 fully saturated rings. The zero-order valence-corrected chi connectivity index (χ0v) is 11.5. The number of carboxylic acid groups (broad SMARTS) is 1. The lowest BCUT2D eigenvalue weighted by Gasteiger charge is -2.00. The van der Waals surface area contributed by atoms with Gasteiger partial charge in [0.1, 0.15) is 5.82 Å². The summed E-state index contributed by atoms with van der Waals surface area (Å²) in [6.07, 6.45) is 3.19. The number of aromatic nitrogens is 3. The van der Waals surface area contributed by atoms with Gasteiger partial charge in [0.05, 0.1) is 10.7 Å². The van der Waals surface area contributed by atoms with Crippen molar-refractivity contribution in [3.63, 3.8) is 0 Å². The number of benzene rings is 1. The first-order valence-corrected chi connectivity index (χ1v) is 6.53. The second-order valence-electron chi connectivity index (χ2n) is 4.33. The van der Waals surface area contributed by atoms with E-state index in [0.29, 0.717) is 27.7 Å². The summed E-state index contributed by atoms with van der Waals surface area (Å²) in [7, 11) is 0. The average Bonchev–Trinajstić information content (AvgIpc) is 2.94. The SMILES string of the molecule is O=C(O)c1nc(-c2ccccc2Cl)[nH]c1-c1ccncc1. The summed E-state index contributed by atoms with van der Waals surface area (Å²) in [6.45, 7) is 0. The van der Waals surface area contributed by atoms with Crippen molar-refractivity contribution < 1.29 is 9.90 Å². The van der Waals surface area contributed by atoms with Crippen LogP contribution in [-0.4, -0.2) is 26.0 Å². The Balaban J connectivity index is 2.18. The average molecular weight is 300 g/mol. The Labute approximate surface area is 125 Å². The monoisotopic (exact) mass is 299 g/mol. The molecule has 1 aromatic carbocycles. The fourth-order valence-corrected chi connectivity index (χ4v) is 2.26. The highest BCUT2D eigenvalue weighted by atomic mass is 35.5. The van der Waals surface area contributed by atoms with Crippen LogP contribution in [0, 0.1) is 0 Å². The van der Waals surface area contributed by atoms with E-state index < -0.39 is 5.97 Å². The van der Waals surface area contributed by atoms with Crippen LogP contribution in [0.4, 0.5) is 0 Å². The second kappa shape index (κ2) is 5.38. The third-order valence-electron chi connectivity index (χ3n) is 3.00. The van der Waals surface area contributed by atoms with Gasteiger partial charge in [-0.05, 0) is 24.3 Å². The van der Waals surface area contributed by atoms with Crippen LogP contribution >= 0.6 is 11.6 Å². The maximum Gasteiger partial charge on any atom is 0.356 e. The Morgan fingerprint density at radius 1 is 1.14 bits per heavy atom. The first-order valence-electron chi connectivity index (χ1n) is 6.15. The predicted molar refractivity (Wildman–Crippen MR) is 79.2 cm³/mol. The minimum atomic E-state index is -1.10. The number of carboxylic acids is 1. The number of halogens is 1. The van der Waals surface area contributed by atoms with Crippen molar-refractivity contribution in [1.82, 2.24) is 15.0 Å². The molecule has 0 aliphatic carbocycles. The fourth-order valence-electron chi connectivity index (χ4n) is 2.04. The smallest absolute Gasteiger partial charge is 0.356 e. The molecule has 0 amide bonds. The molecule has 5 nitrogen and oxygen atoms in total. The van der Waals surface area contributed by atoms with Crippen LogP contribution in [-0.2, 0) is 0 Å². The van der Waals surface area contributed by atoms with E-state index >= 15 is 0 Å². The van der Waals surface area contributed by atoms with Crippen molar-refractivity contribution in [2.75, 3.05) is 0 Å². The summed E-state index contributed by atoms with van der Waals surface area (Å²) >= 11 is 6.13. The molecule has 0 atom stereocenters. The number of aromatic carboxylic acids is 1. The van der Waals surface area contributed by atoms with Crippen molar-refractivity contribution in [3.05, 3.63) is 59.5 Å². The highest BCUT2D eigenvalue weighted by Gasteiger charge is 2.19. The van der Waals surface area contributed by atoms with Gasteiger partial charge in [-0.25, -0.2) is 9.78 Å². The van der Waals surface area contributed by atoms with E-state index in [1.54, 1.807) is 42.7 Å². The third kappa shape index (κ3) is 2.51. The molecule has 3 aromatic rings. The van der Waals surface area contributed by atoms with Crippen LogP contribution in [0.1, 0.15) is 10.5 Å². The predicted octanol–water partition coefficient (Wildman–Crippen LogP) is 3.49. The molecule has 0 spiro atoms. The molecule has 2 aromatic heterocycles. The van der Waals surface area contributed by atoms with E-state index in [4.69, 9.17) is 11.6 Å². The van der Waals surface area contributed by atoms with Gasteiger partial charge in [0.15, 0.2) is 5.69 Å². The van der Waals surface area contributed by atoms with Crippen molar-refractivity contribution in [3.8, 4) is 22.6 Å². The van der Waals surface area contributed by atoms with Gasteiger partial charge in [-0.1, -0.05) is 23.7 Å². The topological polar surface area (TPSA) is 78.9 Å². The Kier molecular flexibility index (Phi) is 3.41. The highest BCUT2D eigenvalue weighted by Crippen LogP contribution is 2.29. The number of H-pyrrole nitrogens is 1. The Hall–Kier alpha value is -2.66. The molecular formula is C15H10ClN3O2. The van der Waals surface area contributed by atoms with Crippen LogP contribution < -0.4 is 0 Å². The number of nitrogens with one attached hydrogen (secondary N) is 1. The van der Waals surface area contributed by atoms with Gasteiger partial charge in [0.25, 0.3) is 0 Å². The lowest BCUT2D eigenvalue weighted by atomic mass is 10.1. The molecule has 6 heteroatoms. The van der Waals surface area contributed by atoms with E-state index in [1.165, 1.54) is 0 Å². The molecule has 2 N–H and O–H groups in total. The minimum absolute atomic E-state index is 0.0453. The molecule has 0 bridgehead atoms. The van der Waals surface area contributed by atoms with Crippen molar-refractivity contribution in [2.24, 2.45) is 0 Å². The first kappa shape index (κ1) is 13.3. The lowest BCUT2D eigenvalue weighted by molar-refractivity contribution is 0.0692. The van der Waals surface area contributed by atoms with Gasteiger partial charge in [0, 0.05) is 23.5 Å². The summed E-state index contributed by atoms with van der Waals surface area (Å²) in [4.78, 5) is 22.5. The van der Waals surface area contributed by atoms with E-state index in [-0.39, 0.29) is 5.69 Å². The van der Waals surface area contributed by atoms with E-state index in [2.05, 4.69) is 15.0 Å². The number of pyridine rings is 1. The zero-order chi connectivity index (χ0) is 14.8. The third-order valence-corrected chi connectivity index (χ3v) is 3.33. The van der Waals surface area contributed by atoms with Gasteiger partial charge in [-0.15, -0.1) is 0 Å². The molecule has 0 saturated heterocycles. The number of nitrogens with zero attached hydrogens (tertiary/aromatic N) is 2. The Bertz CT molecular complexity index is 800. The van der Waals surface area contributed by atoms with Crippen LogP contribution in [0.2, 0.25) is 5.02 Å². The molecule has 3 rings (SSSR count). The molecular weight excluding hydrogens is 290 g/mol. The van der Waals surface area contributed by atoms with Crippen molar-refractivity contribution >= 4 is 17.6 Å². The number of rotatable bonds is 3. The molecule has 104 valence electrons. The summed E-state index contributed by atoms with van der Waals surface area (Å²) in [6, 6.07) is 10.6. The summed E-state index contributed by atoms with van der Waals surface area (Å²) in [5.41, 5.74) is 1.74. The van der Waals surface area contributed by atoms with Gasteiger partial charge >= 0.3 is 5.97 Å². The molecule has 0 saturated carbocycles. The molecule has 21 heavy (non-hydrogen) atoms. The van der Waals surface area contributed by atoms with Crippen LogP contribution in [0.5, 0.6) is 0 Å². The first-order chi connectivity index (χ1) is 10.2. The number of carbonyl (C=O) groups is 1. The summed E-state index contributed by atoms with van der Waals surface area (Å²) in [5, 5.41) is 9.83. The fraction of sp³-hybridized carbons (Fsp3) is 0. The molecule has 0 unspecified atom stereocenters. The van der Waals surface area contributed by atoms with E-state index in [0.717, 1.165) is 0 Å². The van der Waals surface area contributed by atoms with E-state index in [9.17, 15) is 9.90 Å². The zero-order valence-electron chi connectivity index (χ0n) is 10.7. The standard InChI is InChI=1S/C15H10ClN3O2/c16-11-4-2-1-3-10(11)14-18-12(13(19-14)15(20)21)9-5-7-17-8-6-9/h1-8H,(H,18,19)(H,20,21). The maximum absolute atomic E-state index is 11.4. The normalized spacial score (nSPS) is 10.5. The lowest BCUT2D eigenvalue weighted by Crippen LogP contribution is -1.99. The van der Waals surface area contributed by atoms with Crippen LogP contribution in [0.25, 0.3) is 22.6 Å². The highest BCUT2D eigenvalue weighted by molar-refractivity contribution is 6.33. The Morgan fingerprint density at radius 2 is 1.86 bits per heavy atom. The number of imidazole rings is 1. The van der Waals surface area contributed by atoms with Gasteiger partial charge in [-0.3, -0.25) is 4.98 Å². The number of hydrogen-bond donors (Lipinski definition) is 2. The largest absolute Gasteiger partial charge is 0.476 e. The second-order valence-corrected chi connectivity index (χ2v) is 4.74. The molecule has 0 aliphatic rings. The van der Waals surface area contributed by atoms with Crippen molar-refractivity contribution in [2.45, 2.75) is 0 Å². The van der Waals surface area contributed by atoms with Gasteiger partial charge in [-0.2, -0.15) is 0 Å². The van der Waals surface area contributed by atoms with E-state index in [1.807, 2.05) is 6.07 Å². The van der Waals surface area contributed by atoms with Gasteiger partial charge < -0.3 is 10.1 Å². The van der Waals surface area contributed by atoms with Gasteiger partial charge in [0.2, 0.25) is 0 Å². The van der Waals surface area contributed by atoms with Crippen LogP contribution in [0.15, 0.2) is 48.8 Å². The quantitative estimate of drug-likeness (QED) is 0.776. The van der Waals surface area contributed by atoms with Crippen molar-refractivity contribution in [1.29, 1.82) is 0 Å². The van der Waals surface area contributed by atoms with Crippen LogP contribution in [0.3, 0.4) is 0 Å². The summed E-state index contributed by atoms with van der Waals surface area (Å²) < 4.78 is 0.